The molecule has 0 fully saturated rings. The van der Waals surface area contributed by atoms with Gasteiger partial charge in [0, 0.05) is 29.2 Å². The van der Waals surface area contributed by atoms with Crippen LogP contribution in [0.5, 0.6) is 0 Å². The highest BCUT2D eigenvalue weighted by molar-refractivity contribution is 6.35. The molecular weight excluding hydrogens is 295 g/mol. The molecule has 5 heteroatoms. The lowest BCUT2D eigenvalue weighted by molar-refractivity contribution is -0.132. The summed E-state index contributed by atoms with van der Waals surface area (Å²) < 4.78 is 0. The van der Waals surface area contributed by atoms with Crippen LogP contribution in [0.2, 0.25) is 10.0 Å². The molecule has 3 nitrogen and oxygen atoms in total. The van der Waals surface area contributed by atoms with Gasteiger partial charge in [0.1, 0.15) is 0 Å². The Morgan fingerprint density at radius 3 is 2.35 bits per heavy atom. The predicted octanol–water partition coefficient (Wildman–Crippen LogP) is 3.85. The smallest absolute Gasteiger partial charge is 0.236 e. The van der Waals surface area contributed by atoms with Crippen molar-refractivity contribution in [1.82, 2.24) is 9.80 Å². The zero-order chi connectivity index (χ0) is 15.3. The first kappa shape index (κ1) is 17.3. The number of rotatable bonds is 6. The fourth-order valence-electron chi connectivity index (χ4n) is 2.10. The number of likely N-dealkylation sites (N-methyl/N-ethyl adjacent to an activating group) is 2. The molecule has 0 spiro atoms. The fraction of sp³-hybridized carbons (Fsp3) is 0.533. The second-order valence-electron chi connectivity index (χ2n) is 4.82. The van der Waals surface area contributed by atoms with Gasteiger partial charge in [0.15, 0.2) is 0 Å². The molecule has 1 atom stereocenters. The van der Waals surface area contributed by atoms with E-state index in [1.807, 2.05) is 49.8 Å². The van der Waals surface area contributed by atoms with Crippen molar-refractivity contribution in [2.24, 2.45) is 0 Å². The van der Waals surface area contributed by atoms with E-state index in [1.165, 1.54) is 0 Å². The summed E-state index contributed by atoms with van der Waals surface area (Å²) in [6, 6.07) is 5.52. The van der Waals surface area contributed by atoms with Crippen molar-refractivity contribution in [3.05, 3.63) is 33.8 Å². The Labute approximate surface area is 131 Å². The van der Waals surface area contributed by atoms with Crippen LogP contribution in [0.25, 0.3) is 0 Å². The highest BCUT2D eigenvalue weighted by Crippen LogP contribution is 2.28. The van der Waals surface area contributed by atoms with Crippen molar-refractivity contribution < 1.29 is 4.79 Å². The van der Waals surface area contributed by atoms with Crippen LogP contribution in [-0.2, 0) is 4.79 Å². The third-order valence-corrected chi connectivity index (χ3v) is 4.14. The second-order valence-corrected chi connectivity index (χ2v) is 5.67. The minimum absolute atomic E-state index is 0.0549. The maximum atomic E-state index is 12.1. The number of hydrogen-bond acceptors (Lipinski definition) is 2. The quantitative estimate of drug-likeness (QED) is 0.795. The normalized spacial score (nSPS) is 12.6. The fourth-order valence-corrected chi connectivity index (χ4v) is 2.67. The largest absolute Gasteiger partial charge is 0.342 e. The van der Waals surface area contributed by atoms with Gasteiger partial charge >= 0.3 is 0 Å². The highest BCUT2D eigenvalue weighted by Gasteiger charge is 2.19. The van der Waals surface area contributed by atoms with Gasteiger partial charge in [-0.25, -0.2) is 0 Å². The van der Waals surface area contributed by atoms with Gasteiger partial charge in [0.25, 0.3) is 0 Å². The number of carbonyl (C=O) groups is 1. The first-order valence-electron chi connectivity index (χ1n) is 6.83. The Morgan fingerprint density at radius 2 is 1.85 bits per heavy atom. The van der Waals surface area contributed by atoms with E-state index in [0.29, 0.717) is 16.6 Å². The topological polar surface area (TPSA) is 23.6 Å². The van der Waals surface area contributed by atoms with Gasteiger partial charge < -0.3 is 4.90 Å². The van der Waals surface area contributed by atoms with Crippen molar-refractivity contribution >= 4 is 29.1 Å². The van der Waals surface area contributed by atoms with E-state index >= 15 is 0 Å². The molecule has 112 valence electrons. The van der Waals surface area contributed by atoms with Crippen molar-refractivity contribution in [3.63, 3.8) is 0 Å². The highest BCUT2D eigenvalue weighted by atomic mass is 35.5. The van der Waals surface area contributed by atoms with Gasteiger partial charge in [0.2, 0.25) is 5.91 Å². The monoisotopic (exact) mass is 316 g/mol. The first-order chi connectivity index (χ1) is 9.40. The minimum atomic E-state index is 0.0549. The molecule has 0 aliphatic heterocycles. The summed E-state index contributed by atoms with van der Waals surface area (Å²) in [6.07, 6.45) is 0. The molecule has 1 aromatic carbocycles. The number of nitrogens with zero attached hydrogens (tertiary/aromatic N) is 2. The van der Waals surface area contributed by atoms with Crippen LogP contribution >= 0.6 is 23.2 Å². The summed E-state index contributed by atoms with van der Waals surface area (Å²) in [4.78, 5) is 15.9. The van der Waals surface area contributed by atoms with Crippen LogP contribution in [0.4, 0.5) is 0 Å². The lowest BCUT2D eigenvalue weighted by Gasteiger charge is -2.28. The van der Waals surface area contributed by atoms with E-state index in [0.717, 1.165) is 18.7 Å². The molecule has 0 heterocycles. The van der Waals surface area contributed by atoms with Crippen LogP contribution in [-0.4, -0.2) is 42.4 Å². The molecule has 1 aromatic rings. The summed E-state index contributed by atoms with van der Waals surface area (Å²) in [5.41, 5.74) is 0.978. The van der Waals surface area contributed by atoms with E-state index in [2.05, 4.69) is 0 Å². The number of halogens is 2. The van der Waals surface area contributed by atoms with Gasteiger partial charge in [0.05, 0.1) is 6.54 Å². The molecule has 0 N–H and O–H groups in total. The Kier molecular flexibility index (Phi) is 6.80. The van der Waals surface area contributed by atoms with E-state index in [-0.39, 0.29) is 11.9 Å². The molecule has 0 radical (unpaired) electrons. The van der Waals surface area contributed by atoms with Crippen LogP contribution in [0.3, 0.4) is 0 Å². The molecule has 20 heavy (non-hydrogen) atoms. The molecule has 0 unspecified atom stereocenters. The summed E-state index contributed by atoms with van der Waals surface area (Å²) in [6.45, 7) is 7.85. The zero-order valence-electron chi connectivity index (χ0n) is 12.5. The molecule has 0 saturated heterocycles. The Hall–Kier alpha value is -0.770. The molecule has 1 rings (SSSR count). The number of benzene rings is 1. The molecule has 0 bridgehead atoms. The van der Waals surface area contributed by atoms with E-state index in [9.17, 15) is 4.79 Å². The number of hydrogen-bond donors (Lipinski definition) is 0. The predicted molar refractivity (Wildman–Crippen MR) is 85.4 cm³/mol. The van der Waals surface area contributed by atoms with Crippen LogP contribution in [0, 0.1) is 0 Å². The van der Waals surface area contributed by atoms with Crippen LogP contribution < -0.4 is 0 Å². The van der Waals surface area contributed by atoms with Gasteiger partial charge in [-0.1, -0.05) is 29.3 Å². The van der Waals surface area contributed by atoms with E-state index in [1.54, 1.807) is 6.07 Å². The van der Waals surface area contributed by atoms with Crippen LogP contribution in [0.15, 0.2) is 18.2 Å². The van der Waals surface area contributed by atoms with Gasteiger partial charge in [-0.2, -0.15) is 0 Å². The lowest BCUT2D eigenvalue weighted by atomic mass is 10.1. The van der Waals surface area contributed by atoms with Crippen LogP contribution in [0.1, 0.15) is 32.4 Å². The molecule has 0 aromatic heterocycles. The van der Waals surface area contributed by atoms with Crippen molar-refractivity contribution in [3.8, 4) is 0 Å². The van der Waals surface area contributed by atoms with E-state index < -0.39 is 0 Å². The summed E-state index contributed by atoms with van der Waals surface area (Å²) in [5.74, 6) is 0.134. The summed E-state index contributed by atoms with van der Waals surface area (Å²) >= 11 is 12.1. The second kappa shape index (κ2) is 7.87. The maximum Gasteiger partial charge on any atom is 0.236 e. The van der Waals surface area contributed by atoms with Crippen molar-refractivity contribution in [2.75, 3.05) is 26.7 Å². The average Bonchev–Trinajstić information content (AvgIpc) is 2.39. The van der Waals surface area contributed by atoms with Gasteiger partial charge in [-0.05, 0) is 45.5 Å². The number of carbonyl (C=O) groups excluding carboxylic acids is 1. The Morgan fingerprint density at radius 1 is 1.25 bits per heavy atom. The summed E-state index contributed by atoms with van der Waals surface area (Å²) in [7, 11) is 1.93. The minimum Gasteiger partial charge on any atom is -0.342 e. The Bertz CT molecular complexity index is 461. The van der Waals surface area contributed by atoms with Gasteiger partial charge in [-0.15, -0.1) is 0 Å². The molecule has 0 aliphatic carbocycles. The average molecular weight is 317 g/mol. The molecule has 1 amide bonds. The number of amides is 1. The Balaban J connectivity index is 2.76. The standard InChI is InChI=1S/C15H22Cl2N2O/c1-5-19(6-2)15(20)10-18(4)11(3)13-8-7-12(16)9-14(13)17/h7-9,11H,5-6,10H2,1-4H3/t11-/m0/s1. The molecular formula is C15H22Cl2N2O. The van der Waals surface area contributed by atoms with E-state index in [4.69, 9.17) is 23.2 Å². The maximum absolute atomic E-state index is 12.1. The zero-order valence-corrected chi connectivity index (χ0v) is 14.0. The van der Waals surface area contributed by atoms with Gasteiger partial charge in [-0.3, -0.25) is 9.69 Å². The third-order valence-electron chi connectivity index (χ3n) is 3.57. The SMILES string of the molecule is CCN(CC)C(=O)CN(C)[C@@H](C)c1ccc(Cl)cc1Cl. The van der Waals surface area contributed by atoms with Crippen molar-refractivity contribution in [2.45, 2.75) is 26.8 Å². The van der Waals surface area contributed by atoms with Crippen molar-refractivity contribution in [1.29, 1.82) is 0 Å². The first-order valence-corrected chi connectivity index (χ1v) is 7.59. The molecule has 0 saturated carbocycles. The lowest BCUT2D eigenvalue weighted by Crippen LogP contribution is -2.39. The molecule has 0 aliphatic rings. The summed E-state index contributed by atoms with van der Waals surface area (Å²) in [5, 5.41) is 1.25. The third kappa shape index (κ3) is 4.37.